The van der Waals surface area contributed by atoms with Gasteiger partial charge in [-0.2, -0.15) is 0 Å². The molecule has 0 aliphatic heterocycles. The molecule has 3 rings (SSSR count). The lowest BCUT2D eigenvalue weighted by molar-refractivity contribution is -0.114. The average molecular weight is 426 g/mol. The van der Waals surface area contributed by atoms with Gasteiger partial charge in [-0.05, 0) is 37.1 Å². The number of nitrogens with zero attached hydrogens (tertiary/aromatic N) is 1. The number of anilines is 2. The summed E-state index contributed by atoms with van der Waals surface area (Å²) in [5.74, 6) is 1.39. The second-order valence-corrected chi connectivity index (χ2v) is 7.67. The van der Waals surface area contributed by atoms with E-state index >= 15 is 0 Å². The Bertz CT molecular complexity index is 1000. The van der Waals surface area contributed by atoms with Gasteiger partial charge in [-0.3, -0.25) is 9.59 Å². The van der Waals surface area contributed by atoms with Crippen molar-refractivity contribution in [2.24, 2.45) is 0 Å². The number of amides is 2. The second kappa shape index (κ2) is 10.5. The van der Waals surface area contributed by atoms with Crippen LogP contribution in [-0.4, -0.2) is 28.5 Å². The summed E-state index contributed by atoms with van der Waals surface area (Å²) < 4.78 is 10.8. The van der Waals surface area contributed by atoms with E-state index in [1.165, 1.54) is 11.8 Å². The molecule has 0 saturated heterocycles. The van der Waals surface area contributed by atoms with Crippen molar-refractivity contribution in [1.82, 2.24) is 5.16 Å². The SMILES string of the molecule is Cc1ccc(NC(=O)CSCC(=O)Nc2cc(C)on2)c(OCc2ccccc2)c1. The molecule has 156 valence electrons. The van der Waals surface area contributed by atoms with Gasteiger partial charge in [0, 0.05) is 6.07 Å². The normalized spacial score (nSPS) is 10.5. The standard InChI is InChI=1S/C22H23N3O4S/c1-15-8-9-18(19(10-15)28-12-17-6-4-3-5-7-17)23-21(26)13-30-14-22(27)24-20-11-16(2)29-25-20/h3-11H,12-14H2,1-2H3,(H,23,26)(H,24,25,27). The Morgan fingerprint density at radius 1 is 1.00 bits per heavy atom. The zero-order valence-electron chi connectivity index (χ0n) is 16.8. The van der Waals surface area contributed by atoms with E-state index < -0.39 is 0 Å². The van der Waals surface area contributed by atoms with Crippen LogP contribution >= 0.6 is 11.8 Å². The molecule has 0 spiro atoms. The van der Waals surface area contributed by atoms with Crippen LogP contribution in [0.25, 0.3) is 0 Å². The average Bonchev–Trinajstić information content (AvgIpc) is 3.13. The minimum absolute atomic E-state index is 0.130. The third-order valence-electron chi connectivity index (χ3n) is 4.01. The van der Waals surface area contributed by atoms with E-state index in [0.717, 1.165) is 11.1 Å². The fourth-order valence-electron chi connectivity index (χ4n) is 2.61. The molecular weight excluding hydrogens is 402 g/mol. The largest absolute Gasteiger partial charge is 0.487 e. The van der Waals surface area contributed by atoms with Crippen LogP contribution in [0.1, 0.15) is 16.9 Å². The van der Waals surface area contributed by atoms with E-state index in [9.17, 15) is 9.59 Å². The lowest BCUT2D eigenvalue weighted by Crippen LogP contribution is -2.19. The molecule has 8 heteroatoms. The van der Waals surface area contributed by atoms with Gasteiger partial charge in [0.25, 0.3) is 0 Å². The molecule has 0 radical (unpaired) electrons. The Kier molecular flexibility index (Phi) is 7.51. The first-order chi connectivity index (χ1) is 14.5. The number of rotatable bonds is 9. The molecule has 2 aromatic carbocycles. The summed E-state index contributed by atoms with van der Waals surface area (Å²) in [6, 6.07) is 17.1. The van der Waals surface area contributed by atoms with E-state index in [1.54, 1.807) is 13.0 Å². The van der Waals surface area contributed by atoms with E-state index in [0.29, 0.717) is 29.6 Å². The van der Waals surface area contributed by atoms with Crippen molar-refractivity contribution in [1.29, 1.82) is 0 Å². The Hall–Kier alpha value is -3.26. The van der Waals surface area contributed by atoms with Crippen molar-refractivity contribution >= 4 is 35.1 Å². The minimum atomic E-state index is -0.247. The lowest BCUT2D eigenvalue weighted by atomic mass is 10.2. The molecule has 1 aromatic heterocycles. The number of hydrogen-bond donors (Lipinski definition) is 2. The first kappa shape index (κ1) is 21.4. The van der Waals surface area contributed by atoms with Crippen LogP contribution in [0.2, 0.25) is 0 Å². The third kappa shape index (κ3) is 6.66. The molecule has 0 aliphatic carbocycles. The number of benzene rings is 2. The third-order valence-corrected chi connectivity index (χ3v) is 4.94. The van der Waals surface area contributed by atoms with Crippen LogP contribution in [0, 0.1) is 13.8 Å². The highest BCUT2D eigenvalue weighted by Crippen LogP contribution is 2.27. The molecule has 0 aliphatic rings. The molecule has 0 bridgehead atoms. The molecular formula is C22H23N3O4S. The molecule has 3 aromatic rings. The maximum atomic E-state index is 12.3. The number of hydrogen-bond acceptors (Lipinski definition) is 6. The predicted octanol–water partition coefficient (Wildman–Crippen LogP) is 4.18. The van der Waals surface area contributed by atoms with E-state index in [4.69, 9.17) is 9.26 Å². The van der Waals surface area contributed by atoms with Gasteiger partial charge < -0.3 is 19.9 Å². The molecule has 30 heavy (non-hydrogen) atoms. The fourth-order valence-corrected chi connectivity index (χ4v) is 3.23. The van der Waals surface area contributed by atoms with E-state index in [-0.39, 0.29) is 23.3 Å². The van der Waals surface area contributed by atoms with Crippen molar-refractivity contribution in [3.63, 3.8) is 0 Å². The van der Waals surface area contributed by atoms with Gasteiger partial charge >= 0.3 is 0 Å². The zero-order valence-corrected chi connectivity index (χ0v) is 17.6. The summed E-state index contributed by atoms with van der Waals surface area (Å²) in [5, 5.41) is 9.18. The van der Waals surface area contributed by atoms with Gasteiger partial charge in [-0.1, -0.05) is 41.6 Å². The summed E-state index contributed by atoms with van der Waals surface area (Å²) in [6.07, 6.45) is 0. The van der Waals surface area contributed by atoms with Crippen molar-refractivity contribution in [3.8, 4) is 5.75 Å². The molecule has 0 unspecified atom stereocenters. The van der Waals surface area contributed by atoms with Crippen LogP contribution in [0.4, 0.5) is 11.5 Å². The number of aromatic nitrogens is 1. The molecule has 7 nitrogen and oxygen atoms in total. The number of aryl methyl sites for hydroxylation is 2. The van der Waals surface area contributed by atoms with E-state index in [2.05, 4.69) is 15.8 Å². The fraction of sp³-hybridized carbons (Fsp3) is 0.227. The maximum Gasteiger partial charge on any atom is 0.235 e. The number of carbonyl (C=O) groups is 2. The Morgan fingerprint density at radius 2 is 1.73 bits per heavy atom. The molecule has 0 saturated carbocycles. The zero-order chi connectivity index (χ0) is 21.3. The van der Waals surface area contributed by atoms with Crippen LogP contribution in [0.15, 0.2) is 59.1 Å². The smallest absolute Gasteiger partial charge is 0.235 e. The van der Waals surface area contributed by atoms with Crippen LogP contribution in [-0.2, 0) is 16.2 Å². The lowest BCUT2D eigenvalue weighted by Gasteiger charge is -2.13. The van der Waals surface area contributed by atoms with Gasteiger partial charge in [0.05, 0.1) is 17.2 Å². The number of nitrogens with one attached hydrogen (secondary N) is 2. The van der Waals surface area contributed by atoms with Crippen LogP contribution in [0.5, 0.6) is 5.75 Å². The van der Waals surface area contributed by atoms with Crippen molar-refractivity contribution in [3.05, 3.63) is 71.5 Å². The Balaban J connectivity index is 1.48. The van der Waals surface area contributed by atoms with Gasteiger partial charge in [-0.25, -0.2) is 0 Å². The molecule has 0 atom stereocenters. The Labute approximate surface area is 179 Å². The highest BCUT2D eigenvalue weighted by Gasteiger charge is 2.11. The first-order valence-corrected chi connectivity index (χ1v) is 10.5. The summed E-state index contributed by atoms with van der Waals surface area (Å²) in [6.45, 7) is 4.11. The summed E-state index contributed by atoms with van der Waals surface area (Å²) in [5.41, 5.74) is 2.68. The van der Waals surface area contributed by atoms with Crippen LogP contribution in [0.3, 0.4) is 0 Å². The summed E-state index contributed by atoms with van der Waals surface area (Å²) in [4.78, 5) is 24.2. The van der Waals surface area contributed by atoms with Crippen LogP contribution < -0.4 is 15.4 Å². The molecule has 0 fully saturated rings. The second-order valence-electron chi connectivity index (χ2n) is 6.69. The summed E-state index contributed by atoms with van der Waals surface area (Å²) >= 11 is 1.21. The van der Waals surface area contributed by atoms with Crippen molar-refractivity contribution in [2.45, 2.75) is 20.5 Å². The first-order valence-electron chi connectivity index (χ1n) is 9.38. The number of ether oxygens (including phenoxy) is 1. The quantitative estimate of drug-likeness (QED) is 0.534. The Morgan fingerprint density at radius 3 is 2.43 bits per heavy atom. The summed E-state index contributed by atoms with van der Waals surface area (Å²) in [7, 11) is 0. The van der Waals surface area contributed by atoms with E-state index in [1.807, 2.05) is 55.5 Å². The van der Waals surface area contributed by atoms with Gasteiger partial charge in [0.15, 0.2) is 5.82 Å². The molecule has 2 amide bonds. The number of thioether (sulfide) groups is 1. The van der Waals surface area contributed by atoms with Gasteiger partial charge in [0.1, 0.15) is 18.1 Å². The molecule has 1 heterocycles. The van der Waals surface area contributed by atoms with Gasteiger partial charge in [0.2, 0.25) is 11.8 Å². The number of carbonyl (C=O) groups excluding carboxylic acids is 2. The maximum absolute atomic E-state index is 12.3. The monoisotopic (exact) mass is 425 g/mol. The topological polar surface area (TPSA) is 93.5 Å². The predicted molar refractivity (Wildman–Crippen MR) is 118 cm³/mol. The highest BCUT2D eigenvalue weighted by molar-refractivity contribution is 8.00. The van der Waals surface area contributed by atoms with Crippen molar-refractivity contribution < 1.29 is 18.8 Å². The molecule has 2 N–H and O–H groups in total. The minimum Gasteiger partial charge on any atom is -0.487 e. The van der Waals surface area contributed by atoms with Crippen molar-refractivity contribution in [2.75, 3.05) is 22.1 Å². The van der Waals surface area contributed by atoms with Gasteiger partial charge in [-0.15, -0.1) is 11.8 Å². The highest BCUT2D eigenvalue weighted by atomic mass is 32.2.